The standard InChI is InChI=1S/C16H17N3O/c1-2-15-17-10-11(18-15)6-5-8-13-12-7-3-4-9-14(12)19-16(13)20/h3-4,7-10H,2,5-6H2,1H3,(H,17,18)(H,19,20)/b13-8-. The molecule has 1 amide bonds. The van der Waals surface area contributed by atoms with Crippen molar-refractivity contribution in [2.45, 2.75) is 26.2 Å². The number of amides is 1. The van der Waals surface area contributed by atoms with Crippen molar-refractivity contribution in [2.24, 2.45) is 0 Å². The molecule has 0 unspecified atom stereocenters. The zero-order valence-corrected chi connectivity index (χ0v) is 11.4. The Morgan fingerprint density at radius 2 is 2.15 bits per heavy atom. The molecule has 4 heteroatoms. The molecule has 1 aliphatic rings. The van der Waals surface area contributed by atoms with E-state index in [0.717, 1.165) is 47.6 Å². The van der Waals surface area contributed by atoms with E-state index >= 15 is 0 Å². The fourth-order valence-corrected chi connectivity index (χ4v) is 2.43. The minimum absolute atomic E-state index is 0.00921. The number of fused-ring (bicyclic) bond motifs is 1. The Morgan fingerprint density at radius 3 is 2.95 bits per heavy atom. The third-order valence-electron chi connectivity index (χ3n) is 3.49. The first kappa shape index (κ1) is 12.7. The van der Waals surface area contributed by atoms with E-state index in [-0.39, 0.29) is 5.91 Å². The maximum Gasteiger partial charge on any atom is 0.256 e. The molecule has 0 bridgehead atoms. The summed E-state index contributed by atoms with van der Waals surface area (Å²) in [7, 11) is 0. The normalized spacial score (nSPS) is 15.4. The Kier molecular flexibility index (Phi) is 3.37. The topological polar surface area (TPSA) is 57.8 Å². The molecular weight excluding hydrogens is 250 g/mol. The van der Waals surface area contributed by atoms with Crippen molar-refractivity contribution in [3.05, 3.63) is 53.6 Å². The van der Waals surface area contributed by atoms with E-state index in [0.29, 0.717) is 0 Å². The van der Waals surface area contributed by atoms with Gasteiger partial charge in [-0.3, -0.25) is 4.79 Å². The lowest BCUT2D eigenvalue weighted by molar-refractivity contribution is -0.110. The molecule has 1 aromatic heterocycles. The Balaban J connectivity index is 1.71. The van der Waals surface area contributed by atoms with Crippen LogP contribution in [0.2, 0.25) is 0 Å². The second-order valence-corrected chi connectivity index (χ2v) is 4.86. The van der Waals surface area contributed by atoms with Crippen molar-refractivity contribution in [3.8, 4) is 0 Å². The predicted molar refractivity (Wildman–Crippen MR) is 79.3 cm³/mol. The van der Waals surface area contributed by atoms with E-state index in [2.05, 4.69) is 22.2 Å². The van der Waals surface area contributed by atoms with E-state index in [1.165, 1.54) is 0 Å². The van der Waals surface area contributed by atoms with E-state index in [1.807, 2.05) is 36.5 Å². The van der Waals surface area contributed by atoms with Gasteiger partial charge in [0.1, 0.15) is 5.82 Å². The van der Waals surface area contributed by atoms with Crippen LogP contribution in [0.1, 0.15) is 30.4 Å². The number of para-hydroxylation sites is 1. The predicted octanol–water partition coefficient (Wildman–Crippen LogP) is 2.94. The number of hydrogen-bond donors (Lipinski definition) is 2. The lowest BCUT2D eigenvalue weighted by Gasteiger charge is -1.97. The number of nitrogens with zero attached hydrogens (tertiary/aromatic N) is 1. The van der Waals surface area contributed by atoms with Crippen LogP contribution in [0.15, 0.2) is 36.5 Å². The number of hydrogen-bond acceptors (Lipinski definition) is 2. The summed E-state index contributed by atoms with van der Waals surface area (Å²) < 4.78 is 0. The Morgan fingerprint density at radius 1 is 1.30 bits per heavy atom. The van der Waals surface area contributed by atoms with Crippen molar-refractivity contribution in [3.63, 3.8) is 0 Å². The molecule has 0 atom stereocenters. The van der Waals surface area contributed by atoms with Crippen LogP contribution >= 0.6 is 0 Å². The second kappa shape index (κ2) is 5.33. The van der Waals surface area contributed by atoms with Gasteiger partial charge in [-0.25, -0.2) is 4.98 Å². The second-order valence-electron chi connectivity index (χ2n) is 4.86. The third kappa shape index (κ3) is 2.37. The minimum atomic E-state index is -0.00921. The lowest BCUT2D eigenvalue weighted by Crippen LogP contribution is -2.03. The zero-order chi connectivity index (χ0) is 13.9. The molecule has 0 aliphatic carbocycles. The van der Waals surface area contributed by atoms with Crippen LogP contribution in [-0.4, -0.2) is 15.9 Å². The van der Waals surface area contributed by atoms with E-state index in [1.54, 1.807) is 0 Å². The van der Waals surface area contributed by atoms with Crippen LogP contribution in [0.25, 0.3) is 5.57 Å². The number of aromatic amines is 1. The Labute approximate surface area is 117 Å². The molecule has 0 spiro atoms. The van der Waals surface area contributed by atoms with Gasteiger partial charge >= 0.3 is 0 Å². The quantitative estimate of drug-likeness (QED) is 0.837. The number of benzene rings is 1. The molecule has 102 valence electrons. The summed E-state index contributed by atoms with van der Waals surface area (Å²) in [6.07, 6.45) is 6.49. The average Bonchev–Trinajstić information content (AvgIpc) is 3.04. The molecule has 2 heterocycles. The van der Waals surface area contributed by atoms with Gasteiger partial charge in [-0.1, -0.05) is 31.2 Å². The van der Waals surface area contributed by atoms with Crippen molar-refractivity contribution in [1.29, 1.82) is 0 Å². The van der Waals surface area contributed by atoms with Gasteiger partial charge in [-0.05, 0) is 18.9 Å². The summed E-state index contributed by atoms with van der Waals surface area (Å²) in [5, 5.41) is 2.88. The molecule has 0 saturated carbocycles. The van der Waals surface area contributed by atoms with Gasteiger partial charge in [0.25, 0.3) is 5.91 Å². The molecule has 20 heavy (non-hydrogen) atoms. The smallest absolute Gasteiger partial charge is 0.256 e. The Hall–Kier alpha value is -2.36. The summed E-state index contributed by atoms with van der Waals surface area (Å²) in [6.45, 7) is 2.07. The van der Waals surface area contributed by atoms with Gasteiger partial charge in [-0.15, -0.1) is 0 Å². The maximum atomic E-state index is 11.9. The van der Waals surface area contributed by atoms with E-state index < -0.39 is 0 Å². The average molecular weight is 267 g/mol. The maximum absolute atomic E-state index is 11.9. The molecule has 1 aliphatic heterocycles. The molecule has 1 aromatic carbocycles. The highest BCUT2D eigenvalue weighted by molar-refractivity contribution is 6.31. The van der Waals surface area contributed by atoms with Gasteiger partial charge < -0.3 is 10.3 Å². The number of carbonyl (C=O) groups is 1. The van der Waals surface area contributed by atoms with Gasteiger partial charge in [0.15, 0.2) is 0 Å². The highest BCUT2D eigenvalue weighted by atomic mass is 16.2. The van der Waals surface area contributed by atoms with Crippen LogP contribution in [0.4, 0.5) is 5.69 Å². The SMILES string of the molecule is CCc1ncc(CC/C=C2\C(=O)Nc3ccccc32)[nH]1. The zero-order valence-electron chi connectivity index (χ0n) is 11.4. The third-order valence-corrected chi connectivity index (χ3v) is 3.49. The molecule has 2 N–H and O–H groups in total. The Bertz CT molecular complexity index is 670. The number of anilines is 1. The van der Waals surface area contributed by atoms with Gasteiger partial charge in [0.05, 0.1) is 0 Å². The summed E-state index contributed by atoms with van der Waals surface area (Å²) in [6, 6.07) is 7.79. The lowest BCUT2D eigenvalue weighted by atomic mass is 10.1. The molecule has 3 rings (SSSR count). The fourth-order valence-electron chi connectivity index (χ4n) is 2.43. The molecule has 0 saturated heterocycles. The van der Waals surface area contributed by atoms with Crippen LogP contribution < -0.4 is 5.32 Å². The van der Waals surface area contributed by atoms with Crippen LogP contribution in [-0.2, 0) is 17.6 Å². The first-order valence-corrected chi connectivity index (χ1v) is 6.91. The number of rotatable bonds is 4. The highest BCUT2D eigenvalue weighted by Crippen LogP contribution is 2.31. The first-order valence-electron chi connectivity index (χ1n) is 6.91. The van der Waals surface area contributed by atoms with Gasteiger partial charge in [0.2, 0.25) is 0 Å². The number of carbonyl (C=O) groups excluding carboxylic acids is 1. The van der Waals surface area contributed by atoms with Crippen molar-refractivity contribution < 1.29 is 4.79 Å². The van der Waals surface area contributed by atoms with Crippen LogP contribution in [0.3, 0.4) is 0 Å². The van der Waals surface area contributed by atoms with Crippen molar-refractivity contribution in [2.75, 3.05) is 5.32 Å². The largest absolute Gasteiger partial charge is 0.346 e. The van der Waals surface area contributed by atoms with Crippen molar-refractivity contribution >= 4 is 17.2 Å². The number of aryl methyl sites for hydroxylation is 2. The monoisotopic (exact) mass is 267 g/mol. The molecular formula is C16H17N3O. The number of aromatic nitrogens is 2. The number of nitrogens with one attached hydrogen (secondary N) is 2. The minimum Gasteiger partial charge on any atom is -0.346 e. The van der Waals surface area contributed by atoms with E-state index in [9.17, 15) is 4.79 Å². The van der Waals surface area contributed by atoms with E-state index in [4.69, 9.17) is 0 Å². The van der Waals surface area contributed by atoms with Crippen LogP contribution in [0.5, 0.6) is 0 Å². The number of H-pyrrole nitrogens is 1. The van der Waals surface area contributed by atoms with Gasteiger partial charge in [-0.2, -0.15) is 0 Å². The molecule has 2 aromatic rings. The van der Waals surface area contributed by atoms with Gasteiger partial charge in [0, 0.05) is 35.1 Å². The highest BCUT2D eigenvalue weighted by Gasteiger charge is 2.22. The number of imidazole rings is 1. The van der Waals surface area contributed by atoms with Crippen LogP contribution in [0, 0.1) is 0 Å². The fraction of sp³-hybridized carbons (Fsp3) is 0.250. The summed E-state index contributed by atoms with van der Waals surface area (Å²) in [5.74, 6) is 1.00. The van der Waals surface area contributed by atoms with Crippen molar-refractivity contribution in [1.82, 2.24) is 9.97 Å². The molecule has 0 fully saturated rings. The first-order chi connectivity index (χ1) is 9.78. The number of allylic oxidation sites excluding steroid dienone is 1. The molecule has 4 nitrogen and oxygen atoms in total. The summed E-state index contributed by atoms with van der Waals surface area (Å²) >= 11 is 0. The summed E-state index contributed by atoms with van der Waals surface area (Å²) in [4.78, 5) is 19.5. The summed E-state index contributed by atoms with van der Waals surface area (Å²) in [5.41, 5.74) is 3.79. The molecule has 0 radical (unpaired) electrons.